The Balaban J connectivity index is 1.72. The average molecular weight is 224 g/mol. The van der Waals surface area contributed by atoms with E-state index in [0.717, 1.165) is 45.1 Å². The Morgan fingerprint density at radius 3 is 2.44 bits per heavy atom. The molecule has 3 aliphatic rings. The van der Waals surface area contributed by atoms with Crippen LogP contribution in [0.1, 0.15) is 38.5 Å². The van der Waals surface area contributed by atoms with Gasteiger partial charge in [-0.2, -0.15) is 0 Å². The van der Waals surface area contributed by atoms with E-state index >= 15 is 0 Å². The molecule has 3 fully saturated rings. The van der Waals surface area contributed by atoms with E-state index in [1.165, 1.54) is 0 Å². The lowest BCUT2D eigenvalue weighted by Gasteiger charge is -2.38. The summed E-state index contributed by atoms with van der Waals surface area (Å²) in [6.07, 6.45) is 6.01. The van der Waals surface area contributed by atoms with Crippen LogP contribution in [-0.4, -0.2) is 41.6 Å². The zero-order chi connectivity index (χ0) is 11.1. The molecule has 3 saturated heterocycles. The van der Waals surface area contributed by atoms with E-state index in [0.29, 0.717) is 18.1 Å². The number of hydrogen-bond donors (Lipinski definition) is 1. The van der Waals surface area contributed by atoms with Crippen molar-refractivity contribution >= 4 is 5.91 Å². The number of amides is 1. The van der Waals surface area contributed by atoms with Gasteiger partial charge in [0.2, 0.25) is 0 Å². The van der Waals surface area contributed by atoms with Crippen molar-refractivity contribution in [1.29, 1.82) is 0 Å². The van der Waals surface area contributed by atoms with E-state index in [4.69, 9.17) is 10.5 Å². The van der Waals surface area contributed by atoms with Gasteiger partial charge in [-0.15, -0.1) is 0 Å². The topological polar surface area (TPSA) is 55.6 Å². The summed E-state index contributed by atoms with van der Waals surface area (Å²) in [6, 6.07) is 1.09. The van der Waals surface area contributed by atoms with Crippen LogP contribution in [0, 0.1) is 0 Å². The Morgan fingerprint density at radius 2 is 1.88 bits per heavy atom. The molecule has 0 saturated carbocycles. The average Bonchev–Trinajstić information content (AvgIpc) is 2.85. The number of nitrogens with zero attached hydrogens (tertiary/aromatic N) is 1. The zero-order valence-corrected chi connectivity index (χ0v) is 9.60. The number of hydrogen-bond acceptors (Lipinski definition) is 3. The third-order valence-electron chi connectivity index (χ3n) is 4.23. The van der Waals surface area contributed by atoms with E-state index < -0.39 is 0 Å². The largest absolute Gasteiger partial charge is 0.368 e. The van der Waals surface area contributed by atoms with Gasteiger partial charge in [-0.3, -0.25) is 4.79 Å². The number of rotatable bonds is 1. The number of nitrogens with two attached hydrogens (primary N) is 1. The van der Waals surface area contributed by atoms with Crippen LogP contribution in [0.4, 0.5) is 0 Å². The predicted octanol–water partition coefficient (Wildman–Crippen LogP) is 0.646. The molecule has 1 amide bonds. The van der Waals surface area contributed by atoms with Crippen molar-refractivity contribution in [2.24, 2.45) is 5.73 Å². The van der Waals surface area contributed by atoms with Gasteiger partial charge in [0.15, 0.2) is 0 Å². The van der Waals surface area contributed by atoms with E-state index in [-0.39, 0.29) is 12.0 Å². The van der Waals surface area contributed by atoms with E-state index in [1.807, 2.05) is 0 Å². The molecule has 2 unspecified atom stereocenters. The summed E-state index contributed by atoms with van der Waals surface area (Å²) >= 11 is 0. The molecule has 2 bridgehead atoms. The number of fused-ring (bicyclic) bond motifs is 2. The molecule has 0 aromatic carbocycles. The lowest BCUT2D eigenvalue weighted by Crippen LogP contribution is -2.53. The fourth-order valence-electron chi connectivity index (χ4n) is 3.52. The fraction of sp³-hybridized carbons (Fsp3) is 0.917. The normalized spacial score (nSPS) is 42.7. The fourth-order valence-corrected chi connectivity index (χ4v) is 3.52. The summed E-state index contributed by atoms with van der Waals surface area (Å²) in [4.78, 5) is 14.4. The molecule has 3 heterocycles. The van der Waals surface area contributed by atoms with Crippen LogP contribution in [0.25, 0.3) is 0 Å². The van der Waals surface area contributed by atoms with Gasteiger partial charge >= 0.3 is 0 Å². The molecule has 3 aliphatic heterocycles. The highest BCUT2D eigenvalue weighted by Gasteiger charge is 2.44. The number of ether oxygens (including phenoxy) is 1. The standard InChI is InChI=1S/C12H20N2O2/c13-8-6-9-3-4-10(7-8)14(9)12(15)11-2-1-5-16-11/h8-11H,1-7,13H2/t8?,9?,10?,11-/m0/s1. The van der Waals surface area contributed by atoms with Crippen molar-refractivity contribution in [2.75, 3.05) is 6.61 Å². The summed E-state index contributed by atoms with van der Waals surface area (Å²) < 4.78 is 5.50. The lowest BCUT2D eigenvalue weighted by atomic mass is 9.97. The third-order valence-corrected chi connectivity index (χ3v) is 4.23. The third kappa shape index (κ3) is 1.64. The summed E-state index contributed by atoms with van der Waals surface area (Å²) in [5, 5.41) is 0. The molecule has 0 aromatic heterocycles. The van der Waals surface area contributed by atoms with Crippen molar-refractivity contribution in [3.05, 3.63) is 0 Å². The Labute approximate surface area is 96.1 Å². The summed E-state index contributed by atoms with van der Waals surface area (Å²) in [5.74, 6) is 0.233. The molecule has 3 atom stereocenters. The first kappa shape index (κ1) is 10.5. The van der Waals surface area contributed by atoms with Crippen molar-refractivity contribution in [3.8, 4) is 0 Å². The molecular weight excluding hydrogens is 204 g/mol. The maximum Gasteiger partial charge on any atom is 0.252 e. The van der Waals surface area contributed by atoms with E-state index in [9.17, 15) is 4.79 Å². The molecule has 16 heavy (non-hydrogen) atoms. The minimum atomic E-state index is -0.155. The second-order valence-corrected chi connectivity index (χ2v) is 5.36. The SMILES string of the molecule is NC1CC2CCC(C1)N2C(=O)[C@@H]1CCCO1. The number of carbonyl (C=O) groups is 1. The Morgan fingerprint density at radius 1 is 1.19 bits per heavy atom. The molecule has 0 aliphatic carbocycles. The van der Waals surface area contributed by atoms with Crippen LogP contribution in [0.2, 0.25) is 0 Å². The highest BCUT2D eigenvalue weighted by atomic mass is 16.5. The molecule has 0 aromatic rings. The van der Waals surface area contributed by atoms with Gasteiger partial charge in [0.05, 0.1) is 0 Å². The predicted molar refractivity (Wildman–Crippen MR) is 59.8 cm³/mol. The molecule has 90 valence electrons. The first-order valence-electron chi connectivity index (χ1n) is 6.45. The van der Waals surface area contributed by atoms with Crippen molar-refractivity contribution in [1.82, 2.24) is 4.90 Å². The van der Waals surface area contributed by atoms with E-state index in [2.05, 4.69) is 4.90 Å². The Hall–Kier alpha value is -0.610. The van der Waals surface area contributed by atoms with Gasteiger partial charge < -0.3 is 15.4 Å². The van der Waals surface area contributed by atoms with Crippen molar-refractivity contribution in [3.63, 3.8) is 0 Å². The van der Waals surface area contributed by atoms with Gasteiger partial charge in [-0.25, -0.2) is 0 Å². The quantitative estimate of drug-likeness (QED) is 0.711. The van der Waals surface area contributed by atoms with Crippen LogP contribution in [0.3, 0.4) is 0 Å². The molecule has 0 spiro atoms. The van der Waals surface area contributed by atoms with E-state index in [1.54, 1.807) is 0 Å². The van der Waals surface area contributed by atoms with Crippen molar-refractivity contribution in [2.45, 2.75) is 62.8 Å². The van der Waals surface area contributed by atoms with Crippen LogP contribution in [0.15, 0.2) is 0 Å². The second-order valence-electron chi connectivity index (χ2n) is 5.36. The highest BCUT2D eigenvalue weighted by Crippen LogP contribution is 2.36. The molecule has 4 heteroatoms. The van der Waals surface area contributed by atoms with Gasteiger partial charge in [-0.1, -0.05) is 0 Å². The zero-order valence-electron chi connectivity index (χ0n) is 9.60. The van der Waals surface area contributed by atoms with Crippen LogP contribution < -0.4 is 5.73 Å². The minimum Gasteiger partial charge on any atom is -0.368 e. The summed E-state index contributed by atoms with van der Waals surface area (Å²) in [5.41, 5.74) is 6.00. The van der Waals surface area contributed by atoms with Crippen LogP contribution in [0.5, 0.6) is 0 Å². The molecule has 4 nitrogen and oxygen atoms in total. The first-order valence-corrected chi connectivity index (χ1v) is 6.45. The number of piperidine rings is 1. The van der Waals surface area contributed by atoms with Gasteiger partial charge in [0.25, 0.3) is 5.91 Å². The molecule has 0 radical (unpaired) electrons. The Bertz CT molecular complexity index is 275. The number of carbonyl (C=O) groups excluding carboxylic acids is 1. The maximum atomic E-state index is 12.3. The van der Waals surface area contributed by atoms with Crippen LogP contribution in [-0.2, 0) is 9.53 Å². The monoisotopic (exact) mass is 224 g/mol. The van der Waals surface area contributed by atoms with Gasteiger partial charge in [0, 0.05) is 24.7 Å². The van der Waals surface area contributed by atoms with Gasteiger partial charge in [-0.05, 0) is 38.5 Å². The minimum absolute atomic E-state index is 0.155. The lowest BCUT2D eigenvalue weighted by molar-refractivity contribution is -0.145. The molecule has 2 N–H and O–H groups in total. The summed E-state index contributed by atoms with van der Waals surface area (Å²) in [7, 11) is 0. The highest BCUT2D eigenvalue weighted by molar-refractivity contribution is 5.82. The first-order chi connectivity index (χ1) is 7.75. The summed E-state index contributed by atoms with van der Waals surface area (Å²) in [6.45, 7) is 0.749. The second kappa shape index (κ2) is 4.00. The molecule has 3 rings (SSSR count). The van der Waals surface area contributed by atoms with Crippen molar-refractivity contribution < 1.29 is 9.53 Å². The smallest absolute Gasteiger partial charge is 0.252 e. The molecular formula is C12H20N2O2. The van der Waals surface area contributed by atoms with Gasteiger partial charge in [0.1, 0.15) is 6.10 Å². The van der Waals surface area contributed by atoms with Crippen LogP contribution >= 0.6 is 0 Å². The maximum absolute atomic E-state index is 12.3. The Kier molecular flexibility index (Phi) is 2.64.